The summed E-state index contributed by atoms with van der Waals surface area (Å²) in [7, 11) is 0. The molecule has 0 aliphatic carbocycles. The van der Waals surface area contributed by atoms with Crippen molar-refractivity contribution >= 4 is 22.9 Å². The number of ether oxygens (including phenoxy) is 1. The second-order valence-electron chi connectivity index (χ2n) is 9.04. The standard InChI is InChI=1S/C25H28N8O4/c1-2-4-19-20-21(31-30-19)24(35)29-22(28-20)16-5-3-6-18(11-16)37-14-15-7-9-33(10-8-15)25-26-12-17(13-27-25)23(34)32-36/h3,5-6,11-13,15,36H,2,4,7-10,14H2,1H3,(H,30,31)(H,32,34)(H,28,29,35). The summed E-state index contributed by atoms with van der Waals surface area (Å²) in [6.45, 7) is 4.18. The van der Waals surface area contributed by atoms with E-state index < -0.39 is 5.91 Å². The topological polar surface area (TPSA) is 162 Å². The van der Waals surface area contributed by atoms with Gasteiger partial charge >= 0.3 is 0 Å². The first kappa shape index (κ1) is 24.4. The molecule has 0 unspecified atom stereocenters. The monoisotopic (exact) mass is 504 g/mol. The molecular formula is C25H28N8O4. The highest BCUT2D eigenvalue weighted by Crippen LogP contribution is 2.25. The van der Waals surface area contributed by atoms with Crippen molar-refractivity contribution in [2.24, 2.45) is 5.92 Å². The molecule has 12 nitrogen and oxygen atoms in total. The van der Waals surface area contributed by atoms with Gasteiger partial charge in [0, 0.05) is 31.0 Å². The lowest BCUT2D eigenvalue weighted by atomic mass is 9.98. The molecule has 0 bridgehead atoms. The number of piperidine rings is 1. The van der Waals surface area contributed by atoms with E-state index in [9.17, 15) is 9.59 Å². The normalized spacial score (nSPS) is 14.2. The van der Waals surface area contributed by atoms with Crippen LogP contribution in [0.5, 0.6) is 5.75 Å². The molecule has 0 spiro atoms. The minimum atomic E-state index is -0.642. The molecule has 37 heavy (non-hydrogen) atoms. The smallest absolute Gasteiger partial charge is 0.277 e. The van der Waals surface area contributed by atoms with Gasteiger partial charge in [0.2, 0.25) is 5.95 Å². The highest BCUT2D eigenvalue weighted by Gasteiger charge is 2.22. The molecule has 1 aliphatic heterocycles. The number of hydroxylamine groups is 1. The average molecular weight is 505 g/mol. The van der Waals surface area contributed by atoms with Crippen LogP contribution >= 0.6 is 0 Å². The van der Waals surface area contributed by atoms with Crippen molar-refractivity contribution in [3.05, 3.63) is 58.3 Å². The van der Waals surface area contributed by atoms with E-state index in [1.54, 1.807) is 5.48 Å². The quantitative estimate of drug-likeness (QED) is 0.209. The zero-order valence-electron chi connectivity index (χ0n) is 20.4. The van der Waals surface area contributed by atoms with Gasteiger partial charge in [-0.3, -0.25) is 19.9 Å². The summed E-state index contributed by atoms with van der Waals surface area (Å²) in [4.78, 5) is 42.1. The van der Waals surface area contributed by atoms with E-state index in [1.165, 1.54) is 12.4 Å². The highest BCUT2D eigenvalue weighted by atomic mass is 16.5. The van der Waals surface area contributed by atoms with Crippen LogP contribution in [0.25, 0.3) is 22.4 Å². The number of hydrogen-bond donors (Lipinski definition) is 4. The Hall–Kier alpha value is -4.32. The lowest BCUT2D eigenvalue weighted by molar-refractivity contribution is 0.0705. The molecule has 192 valence electrons. The number of anilines is 1. The van der Waals surface area contributed by atoms with Crippen LogP contribution in [-0.2, 0) is 6.42 Å². The Balaban J connectivity index is 1.20. The first-order valence-corrected chi connectivity index (χ1v) is 12.3. The number of hydrogen-bond acceptors (Lipinski definition) is 9. The lowest BCUT2D eigenvalue weighted by Crippen LogP contribution is -2.36. The van der Waals surface area contributed by atoms with Gasteiger partial charge in [0.1, 0.15) is 22.6 Å². The third-order valence-electron chi connectivity index (χ3n) is 6.47. The van der Waals surface area contributed by atoms with E-state index in [4.69, 9.17) is 9.94 Å². The lowest BCUT2D eigenvalue weighted by Gasteiger charge is -2.31. The van der Waals surface area contributed by atoms with Gasteiger partial charge in [-0.15, -0.1) is 0 Å². The summed E-state index contributed by atoms with van der Waals surface area (Å²) >= 11 is 0. The predicted octanol–water partition coefficient (Wildman–Crippen LogP) is 2.47. The fourth-order valence-corrected chi connectivity index (χ4v) is 4.42. The number of aromatic nitrogens is 6. The number of rotatable bonds is 8. The van der Waals surface area contributed by atoms with Crippen LogP contribution in [0, 0.1) is 5.92 Å². The zero-order chi connectivity index (χ0) is 25.8. The van der Waals surface area contributed by atoms with Gasteiger partial charge in [-0.2, -0.15) is 5.10 Å². The van der Waals surface area contributed by atoms with Crippen LogP contribution in [0.1, 0.15) is 42.2 Å². The van der Waals surface area contributed by atoms with Crippen LogP contribution in [0.2, 0.25) is 0 Å². The predicted molar refractivity (Wildman–Crippen MR) is 136 cm³/mol. The number of carbonyl (C=O) groups is 1. The van der Waals surface area contributed by atoms with Crippen molar-refractivity contribution in [2.45, 2.75) is 32.6 Å². The third kappa shape index (κ3) is 5.28. The second-order valence-corrected chi connectivity index (χ2v) is 9.04. The van der Waals surface area contributed by atoms with E-state index in [-0.39, 0.29) is 11.1 Å². The van der Waals surface area contributed by atoms with Crippen molar-refractivity contribution in [1.29, 1.82) is 0 Å². The van der Waals surface area contributed by atoms with E-state index in [0.29, 0.717) is 41.1 Å². The minimum absolute atomic E-state index is 0.196. The Labute approximate surface area is 212 Å². The SMILES string of the molecule is CCCc1n[nH]c2c(=O)[nH]c(-c3cccc(OCC4CCN(c5ncc(C(=O)NO)cn5)CC4)c3)nc12. The van der Waals surface area contributed by atoms with Crippen LogP contribution in [0.3, 0.4) is 0 Å². The summed E-state index contributed by atoms with van der Waals surface area (Å²) in [6, 6.07) is 7.56. The Morgan fingerprint density at radius 1 is 1.24 bits per heavy atom. The molecule has 4 aromatic rings. The van der Waals surface area contributed by atoms with Crippen molar-refractivity contribution in [3.63, 3.8) is 0 Å². The van der Waals surface area contributed by atoms with E-state index >= 15 is 0 Å². The average Bonchev–Trinajstić information content (AvgIpc) is 3.35. The molecule has 1 fully saturated rings. The number of amides is 1. The summed E-state index contributed by atoms with van der Waals surface area (Å²) < 4.78 is 6.11. The first-order valence-electron chi connectivity index (χ1n) is 12.3. The van der Waals surface area contributed by atoms with Crippen LogP contribution in [0.4, 0.5) is 5.95 Å². The number of nitrogens with one attached hydrogen (secondary N) is 3. The Morgan fingerprint density at radius 2 is 2.03 bits per heavy atom. The van der Waals surface area contributed by atoms with Gasteiger partial charge < -0.3 is 14.6 Å². The zero-order valence-corrected chi connectivity index (χ0v) is 20.4. The highest BCUT2D eigenvalue weighted by molar-refractivity contribution is 5.92. The molecule has 1 aliphatic rings. The molecule has 12 heteroatoms. The molecule has 0 atom stereocenters. The molecule has 1 amide bonds. The van der Waals surface area contributed by atoms with Gasteiger partial charge in [0.25, 0.3) is 11.5 Å². The molecule has 5 rings (SSSR count). The third-order valence-corrected chi connectivity index (χ3v) is 6.47. The molecule has 4 heterocycles. The Bertz CT molecular complexity index is 1440. The fraction of sp³-hybridized carbons (Fsp3) is 0.360. The van der Waals surface area contributed by atoms with Crippen LogP contribution in [0.15, 0.2) is 41.5 Å². The van der Waals surface area contributed by atoms with Gasteiger partial charge in [-0.1, -0.05) is 25.5 Å². The summed E-state index contributed by atoms with van der Waals surface area (Å²) in [5.74, 6) is 1.48. The largest absolute Gasteiger partial charge is 0.493 e. The maximum absolute atomic E-state index is 12.6. The number of carbonyl (C=O) groups excluding carboxylic acids is 1. The molecule has 0 saturated carbocycles. The second kappa shape index (κ2) is 10.7. The Kier molecular flexibility index (Phi) is 7.08. The van der Waals surface area contributed by atoms with E-state index in [2.05, 4.69) is 42.0 Å². The van der Waals surface area contributed by atoms with Crippen molar-refractivity contribution in [2.75, 3.05) is 24.6 Å². The molecular weight excluding hydrogens is 476 g/mol. The van der Waals surface area contributed by atoms with Crippen molar-refractivity contribution in [3.8, 4) is 17.1 Å². The van der Waals surface area contributed by atoms with E-state index in [1.807, 2.05) is 24.3 Å². The number of aromatic amines is 2. The Morgan fingerprint density at radius 3 is 2.76 bits per heavy atom. The van der Waals surface area contributed by atoms with Gasteiger partial charge in [0.05, 0.1) is 17.9 Å². The summed E-state index contributed by atoms with van der Waals surface area (Å²) in [5.41, 5.74) is 4.08. The minimum Gasteiger partial charge on any atom is -0.493 e. The molecule has 4 N–H and O–H groups in total. The molecule has 1 saturated heterocycles. The summed E-state index contributed by atoms with van der Waals surface area (Å²) in [5, 5.41) is 15.8. The molecule has 3 aromatic heterocycles. The summed E-state index contributed by atoms with van der Waals surface area (Å²) in [6.07, 6.45) is 6.27. The van der Waals surface area contributed by atoms with Crippen LogP contribution < -0.4 is 20.7 Å². The fourth-order valence-electron chi connectivity index (χ4n) is 4.42. The van der Waals surface area contributed by atoms with E-state index in [0.717, 1.165) is 50.0 Å². The van der Waals surface area contributed by atoms with Gasteiger partial charge in [-0.25, -0.2) is 20.4 Å². The molecule has 1 aromatic carbocycles. The van der Waals surface area contributed by atoms with Crippen LogP contribution in [-0.4, -0.2) is 60.9 Å². The van der Waals surface area contributed by atoms with Crippen molar-refractivity contribution < 1.29 is 14.7 Å². The number of H-pyrrole nitrogens is 2. The van der Waals surface area contributed by atoms with Gasteiger partial charge in [-0.05, 0) is 37.3 Å². The van der Waals surface area contributed by atoms with Gasteiger partial charge in [0.15, 0.2) is 0 Å². The maximum atomic E-state index is 12.6. The maximum Gasteiger partial charge on any atom is 0.277 e. The number of aryl methyl sites for hydroxylation is 1. The number of benzene rings is 1. The van der Waals surface area contributed by atoms with Crippen molar-refractivity contribution in [1.82, 2.24) is 35.6 Å². The first-order chi connectivity index (χ1) is 18.1. The number of fused-ring (bicyclic) bond motifs is 1. The molecule has 0 radical (unpaired) electrons. The number of nitrogens with zero attached hydrogens (tertiary/aromatic N) is 5.